The van der Waals surface area contributed by atoms with E-state index < -0.39 is 29.8 Å². The molecule has 0 spiro atoms. The zero-order chi connectivity index (χ0) is 24.4. The van der Waals surface area contributed by atoms with Gasteiger partial charge in [-0.3, -0.25) is 14.4 Å². The Kier molecular flexibility index (Phi) is 9.54. The molecule has 0 saturated carbocycles. The lowest BCUT2D eigenvalue weighted by atomic mass is 9.93. The molecule has 0 radical (unpaired) electrons. The SMILES string of the molecule is C=CC.CC(C)C[C@H](CC(N)=O)C(=O)NC1N=C(c2ccccc2)c2ccccc2NC1=O. The number of carbonyl (C=O) groups excluding carboxylic acids is 3. The summed E-state index contributed by atoms with van der Waals surface area (Å²) in [7, 11) is 0. The van der Waals surface area contributed by atoms with E-state index in [1.54, 1.807) is 12.1 Å². The number of para-hydroxylation sites is 1. The topological polar surface area (TPSA) is 114 Å². The van der Waals surface area contributed by atoms with E-state index in [2.05, 4.69) is 22.2 Å². The number of nitrogens with one attached hydrogen (secondary N) is 2. The molecule has 0 aliphatic carbocycles. The zero-order valence-electron chi connectivity index (χ0n) is 19.4. The van der Waals surface area contributed by atoms with Crippen molar-refractivity contribution in [3.63, 3.8) is 0 Å². The number of hydrogen-bond donors (Lipinski definition) is 3. The van der Waals surface area contributed by atoms with E-state index in [1.165, 1.54) is 0 Å². The first-order valence-corrected chi connectivity index (χ1v) is 11.0. The third kappa shape index (κ3) is 7.42. The minimum atomic E-state index is -1.12. The second-order valence-corrected chi connectivity index (χ2v) is 8.19. The van der Waals surface area contributed by atoms with E-state index in [4.69, 9.17) is 5.73 Å². The van der Waals surface area contributed by atoms with Crippen LogP contribution in [0.3, 0.4) is 0 Å². The Labute approximate surface area is 195 Å². The number of allylic oxidation sites excluding steroid dienone is 1. The summed E-state index contributed by atoms with van der Waals surface area (Å²) in [6.45, 7) is 9.17. The van der Waals surface area contributed by atoms with Crippen molar-refractivity contribution in [2.75, 3.05) is 5.32 Å². The number of rotatable bonds is 7. The summed E-state index contributed by atoms with van der Waals surface area (Å²) in [5.41, 5.74) is 8.15. The van der Waals surface area contributed by atoms with Crippen molar-refractivity contribution in [3.05, 3.63) is 78.4 Å². The predicted molar refractivity (Wildman–Crippen MR) is 132 cm³/mol. The highest BCUT2D eigenvalue weighted by molar-refractivity contribution is 6.19. The van der Waals surface area contributed by atoms with E-state index in [0.717, 1.165) is 11.1 Å². The first-order valence-electron chi connectivity index (χ1n) is 11.0. The van der Waals surface area contributed by atoms with Crippen molar-refractivity contribution in [1.82, 2.24) is 5.32 Å². The van der Waals surface area contributed by atoms with Crippen LogP contribution >= 0.6 is 0 Å². The molecule has 174 valence electrons. The number of nitrogens with zero attached hydrogens (tertiary/aromatic N) is 1. The third-order valence-electron chi connectivity index (χ3n) is 4.85. The molecule has 4 N–H and O–H groups in total. The van der Waals surface area contributed by atoms with Gasteiger partial charge >= 0.3 is 0 Å². The molecule has 3 amide bonds. The van der Waals surface area contributed by atoms with Gasteiger partial charge in [0.15, 0.2) is 0 Å². The van der Waals surface area contributed by atoms with E-state index in [9.17, 15) is 14.4 Å². The maximum absolute atomic E-state index is 12.9. The summed E-state index contributed by atoms with van der Waals surface area (Å²) >= 11 is 0. The molecule has 2 atom stereocenters. The number of hydrogen-bond acceptors (Lipinski definition) is 4. The second kappa shape index (κ2) is 12.3. The molecule has 2 aromatic rings. The quantitative estimate of drug-likeness (QED) is 0.562. The Hall–Kier alpha value is -3.74. The van der Waals surface area contributed by atoms with Crippen LogP contribution in [0.5, 0.6) is 0 Å². The Balaban J connectivity index is 0.00000122. The molecular formula is C26H32N4O3. The highest BCUT2D eigenvalue weighted by atomic mass is 16.2. The summed E-state index contributed by atoms with van der Waals surface area (Å²) in [6, 6.07) is 16.8. The van der Waals surface area contributed by atoms with Gasteiger partial charge < -0.3 is 16.4 Å². The van der Waals surface area contributed by atoms with Gasteiger partial charge in [0.25, 0.3) is 5.91 Å². The van der Waals surface area contributed by atoms with Gasteiger partial charge in [-0.15, -0.1) is 6.58 Å². The third-order valence-corrected chi connectivity index (χ3v) is 4.85. The molecule has 7 nitrogen and oxygen atoms in total. The minimum Gasteiger partial charge on any atom is -0.370 e. The van der Waals surface area contributed by atoms with Gasteiger partial charge in [0.1, 0.15) is 0 Å². The van der Waals surface area contributed by atoms with Crippen LogP contribution in [0.15, 0.2) is 72.2 Å². The highest BCUT2D eigenvalue weighted by Crippen LogP contribution is 2.24. The average molecular weight is 449 g/mol. The number of benzene rings is 2. The summed E-state index contributed by atoms with van der Waals surface area (Å²) < 4.78 is 0. The summed E-state index contributed by atoms with van der Waals surface area (Å²) in [5, 5.41) is 5.55. The average Bonchev–Trinajstić information content (AvgIpc) is 2.90. The van der Waals surface area contributed by atoms with Crippen LogP contribution < -0.4 is 16.4 Å². The molecule has 2 aromatic carbocycles. The van der Waals surface area contributed by atoms with Crippen molar-refractivity contribution in [2.24, 2.45) is 22.6 Å². The fourth-order valence-corrected chi connectivity index (χ4v) is 3.53. The normalized spacial score (nSPS) is 15.6. The molecule has 3 rings (SSSR count). The van der Waals surface area contributed by atoms with E-state index in [-0.39, 0.29) is 12.3 Å². The van der Waals surface area contributed by atoms with Gasteiger partial charge in [0.05, 0.1) is 11.4 Å². The fraction of sp³-hybridized carbons (Fsp3) is 0.308. The van der Waals surface area contributed by atoms with Gasteiger partial charge in [-0.25, -0.2) is 4.99 Å². The van der Waals surface area contributed by atoms with Crippen LogP contribution in [0.4, 0.5) is 5.69 Å². The molecule has 0 aromatic heterocycles. The summed E-state index contributed by atoms with van der Waals surface area (Å²) in [5.74, 6) is -1.83. The minimum absolute atomic E-state index is 0.0756. The molecule has 0 fully saturated rings. The largest absolute Gasteiger partial charge is 0.370 e. The molecule has 1 aliphatic heterocycles. The van der Waals surface area contributed by atoms with Gasteiger partial charge in [-0.1, -0.05) is 68.5 Å². The molecule has 0 bridgehead atoms. The lowest BCUT2D eigenvalue weighted by Crippen LogP contribution is -2.45. The number of nitrogens with two attached hydrogens (primary N) is 1. The molecule has 33 heavy (non-hydrogen) atoms. The fourth-order valence-electron chi connectivity index (χ4n) is 3.53. The molecule has 1 unspecified atom stereocenters. The second-order valence-electron chi connectivity index (χ2n) is 8.19. The standard InChI is InChI=1S/C23H26N4O3.C3H6/c1-14(2)12-16(13-19(24)28)22(29)27-21-23(30)25-18-11-7-6-10-17(18)20(26-21)15-8-4-3-5-9-15;1-3-2/h3-11,14,16,21H,12-13H2,1-2H3,(H2,24,28)(H,25,30)(H,27,29);3H,1H2,2H3/t16-,21?;/m1./s1. The number of benzodiazepines with no additional fused rings is 1. The first kappa shape index (κ1) is 25.5. The number of carbonyl (C=O) groups is 3. The number of aliphatic imine (C=N–C) groups is 1. The van der Waals surface area contributed by atoms with Crippen LogP contribution in [0, 0.1) is 11.8 Å². The number of primary amides is 1. The number of anilines is 1. The maximum Gasteiger partial charge on any atom is 0.269 e. The molecule has 7 heteroatoms. The van der Waals surface area contributed by atoms with Crippen LogP contribution in [-0.2, 0) is 14.4 Å². The lowest BCUT2D eigenvalue weighted by Gasteiger charge is -2.20. The Morgan fingerprint density at radius 2 is 1.76 bits per heavy atom. The van der Waals surface area contributed by atoms with Crippen molar-refractivity contribution in [1.29, 1.82) is 0 Å². The molecule has 0 saturated heterocycles. The highest BCUT2D eigenvalue weighted by Gasteiger charge is 2.30. The molecule has 1 aliphatic rings. The monoisotopic (exact) mass is 448 g/mol. The molecule has 1 heterocycles. The van der Waals surface area contributed by atoms with Crippen LogP contribution in [0.1, 0.15) is 44.7 Å². The van der Waals surface area contributed by atoms with Gasteiger partial charge in [-0.05, 0) is 25.3 Å². The first-order chi connectivity index (χ1) is 15.8. The predicted octanol–water partition coefficient (Wildman–Crippen LogP) is 3.65. The van der Waals surface area contributed by atoms with Crippen molar-refractivity contribution >= 4 is 29.1 Å². The van der Waals surface area contributed by atoms with E-state index >= 15 is 0 Å². The lowest BCUT2D eigenvalue weighted by molar-refractivity contribution is -0.132. The number of fused-ring (bicyclic) bond motifs is 1. The van der Waals surface area contributed by atoms with Crippen molar-refractivity contribution < 1.29 is 14.4 Å². The van der Waals surface area contributed by atoms with E-state index in [1.807, 2.05) is 69.3 Å². The smallest absolute Gasteiger partial charge is 0.269 e. The van der Waals surface area contributed by atoms with Crippen molar-refractivity contribution in [3.8, 4) is 0 Å². The van der Waals surface area contributed by atoms with Gasteiger partial charge in [-0.2, -0.15) is 0 Å². The zero-order valence-corrected chi connectivity index (χ0v) is 19.4. The number of amides is 3. The Morgan fingerprint density at radius 1 is 1.15 bits per heavy atom. The molecular weight excluding hydrogens is 416 g/mol. The Morgan fingerprint density at radius 3 is 2.36 bits per heavy atom. The van der Waals surface area contributed by atoms with Crippen LogP contribution in [-0.4, -0.2) is 29.6 Å². The van der Waals surface area contributed by atoms with Crippen LogP contribution in [0.2, 0.25) is 0 Å². The van der Waals surface area contributed by atoms with Gasteiger partial charge in [0, 0.05) is 23.5 Å². The Bertz CT molecular complexity index is 1020. The summed E-state index contributed by atoms with van der Waals surface area (Å²) in [6.07, 6.45) is 1.04. The van der Waals surface area contributed by atoms with Crippen LogP contribution in [0.25, 0.3) is 0 Å². The summed E-state index contributed by atoms with van der Waals surface area (Å²) in [4.78, 5) is 41.8. The maximum atomic E-state index is 12.9. The van der Waals surface area contributed by atoms with Crippen molar-refractivity contribution in [2.45, 2.75) is 39.8 Å². The van der Waals surface area contributed by atoms with Gasteiger partial charge in [0.2, 0.25) is 18.0 Å². The van der Waals surface area contributed by atoms with E-state index in [0.29, 0.717) is 17.8 Å².